The summed E-state index contributed by atoms with van der Waals surface area (Å²) in [5, 5.41) is 9.19. The summed E-state index contributed by atoms with van der Waals surface area (Å²) in [4.78, 5) is 0. The van der Waals surface area contributed by atoms with E-state index in [-0.39, 0.29) is 11.5 Å². The molecule has 2 heteroatoms. The van der Waals surface area contributed by atoms with E-state index in [0.29, 0.717) is 5.75 Å². The van der Waals surface area contributed by atoms with Crippen LogP contribution in [0.4, 0.5) is 0 Å². The molecule has 1 rings (SSSR count). The van der Waals surface area contributed by atoms with E-state index in [1.165, 1.54) is 5.56 Å². The average molecular weight is 194 g/mol. The minimum Gasteiger partial charge on any atom is -0.508 e. The van der Waals surface area contributed by atoms with Gasteiger partial charge < -0.3 is 9.84 Å². The Morgan fingerprint density at radius 3 is 2.14 bits per heavy atom. The van der Waals surface area contributed by atoms with Crippen molar-refractivity contribution < 1.29 is 9.84 Å². The molecule has 0 saturated carbocycles. The molecule has 1 atom stereocenters. The first-order chi connectivity index (χ1) is 6.48. The number of methoxy groups -OCH3 is 1. The summed E-state index contributed by atoms with van der Waals surface area (Å²) in [6, 6.07) is 7.29. The number of hydrogen-bond acceptors (Lipinski definition) is 2. The number of phenolic OH excluding ortho intramolecular Hbond substituents is 1. The number of rotatable bonds is 3. The normalized spacial score (nSPS) is 14.0. The largest absolute Gasteiger partial charge is 0.508 e. The molecule has 0 radical (unpaired) electrons. The number of benzene rings is 1. The molecular weight excluding hydrogens is 176 g/mol. The highest BCUT2D eigenvalue weighted by molar-refractivity contribution is 5.31. The van der Waals surface area contributed by atoms with Crippen molar-refractivity contribution >= 4 is 0 Å². The van der Waals surface area contributed by atoms with Crippen molar-refractivity contribution in [3.8, 4) is 5.75 Å². The molecule has 0 bridgehead atoms. The quantitative estimate of drug-likeness (QED) is 0.801. The van der Waals surface area contributed by atoms with Gasteiger partial charge in [-0.25, -0.2) is 0 Å². The highest BCUT2D eigenvalue weighted by atomic mass is 16.5. The summed E-state index contributed by atoms with van der Waals surface area (Å²) in [5.74, 6) is 0.301. The van der Waals surface area contributed by atoms with Gasteiger partial charge in [-0.05, 0) is 24.6 Å². The van der Waals surface area contributed by atoms with Crippen molar-refractivity contribution in [2.75, 3.05) is 7.11 Å². The van der Waals surface area contributed by atoms with Crippen molar-refractivity contribution in [3.05, 3.63) is 29.8 Å². The molecule has 2 nitrogen and oxygen atoms in total. The molecule has 1 aromatic rings. The predicted octanol–water partition coefficient (Wildman–Crippen LogP) is 2.70. The molecule has 0 aliphatic carbocycles. The first-order valence-electron chi connectivity index (χ1n) is 4.80. The summed E-state index contributed by atoms with van der Waals surface area (Å²) < 4.78 is 5.34. The predicted molar refractivity (Wildman–Crippen MR) is 57.6 cm³/mol. The fourth-order valence-electron chi connectivity index (χ4n) is 1.42. The van der Waals surface area contributed by atoms with Crippen LogP contribution in [0.2, 0.25) is 0 Å². The van der Waals surface area contributed by atoms with Crippen molar-refractivity contribution in [3.63, 3.8) is 0 Å². The fourth-order valence-corrected chi connectivity index (χ4v) is 1.42. The lowest BCUT2D eigenvalue weighted by atomic mass is 9.80. The Kier molecular flexibility index (Phi) is 3.17. The maximum atomic E-state index is 9.19. The van der Waals surface area contributed by atoms with Crippen LogP contribution in [0, 0.1) is 0 Å². The first-order valence-corrected chi connectivity index (χ1v) is 4.80. The van der Waals surface area contributed by atoms with E-state index in [2.05, 4.69) is 13.8 Å². The lowest BCUT2D eigenvalue weighted by Gasteiger charge is -2.31. The molecule has 14 heavy (non-hydrogen) atoms. The standard InChI is InChI=1S/C12H18O2/c1-9(14-4)12(2,3)10-5-7-11(13)8-6-10/h5-9,13H,1-4H3. The minimum absolute atomic E-state index is 0.0392. The average Bonchev–Trinajstić information content (AvgIpc) is 2.17. The summed E-state index contributed by atoms with van der Waals surface area (Å²) in [6.07, 6.45) is 0.145. The Hall–Kier alpha value is -1.02. The molecular formula is C12H18O2. The second-order valence-electron chi connectivity index (χ2n) is 4.15. The third kappa shape index (κ3) is 2.07. The van der Waals surface area contributed by atoms with Crippen LogP contribution in [0.5, 0.6) is 5.75 Å². The SMILES string of the molecule is COC(C)C(C)(C)c1ccc(O)cc1. The summed E-state index contributed by atoms with van der Waals surface area (Å²) >= 11 is 0. The van der Waals surface area contributed by atoms with Crippen LogP contribution in [-0.2, 0) is 10.2 Å². The molecule has 0 fully saturated rings. The second kappa shape index (κ2) is 4.01. The molecule has 78 valence electrons. The number of phenols is 1. The number of hydrogen-bond donors (Lipinski definition) is 1. The molecule has 0 aliphatic heterocycles. The van der Waals surface area contributed by atoms with Gasteiger partial charge in [0.2, 0.25) is 0 Å². The van der Waals surface area contributed by atoms with Crippen LogP contribution < -0.4 is 0 Å². The van der Waals surface area contributed by atoms with Crippen LogP contribution in [0.1, 0.15) is 26.3 Å². The van der Waals surface area contributed by atoms with E-state index in [4.69, 9.17) is 4.74 Å². The van der Waals surface area contributed by atoms with E-state index < -0.39 is 0 Å². The third-order valence-corrected chi connectivity index (χ3v) is 2.98. The zero-order valence-electron chi connectivity index (χ0n) is 9.24. The molecule has 0 heterocycles. The summed E-state index contributed by atoms with van der Waals surface area (Å²) in [6.45, 7) is 6.31. The minimum atomic E-state index is -0.0392. The van der Waals surface area contributed by atoms with Gasteiger partial charge in [0.05, 0.1) is 6.10 Å². The topological polar surface area (TPSA) is 29.5 Å². The molecule has 1 aromatic carbocycles. The van der Waals surface area contributed by atoms with Crippen molar-refractivity contribution in [2.24, 2.45) is 0 Å². The van der Waals surface area contributed by atoms with Gasteiger partial charge in [-0.1, -0.05) is 26.0 Å². The molecule has 0 aliphatic rings. The zero-order chi connectivity index (χ0) is 10.8. The Balaban J connectivity index is 2.97. The number of aromatic hydroxyl groups is 1. The lowest BCUT2D eigenvalue weighted by molar-refractivity contribution is 0.0607. The van der Waals surface area contributed by atoms with E-state index >= 15 is 0 Å². The second-order valence-corrected chi connectivity index (χ2v) is 4.15. The van der Waals surface area contributed by atoms with Crippen LogP contribution >= 0.6 is 0 Å². The Labute approximate surface area is 85.5 Å². The maximum absolute atomic E-state index is 9.19. The molecule has 0 saturated heterocycles. The van der Waals surface area contributed by atoms with Gasteiger partial charge in [0.1, 0.15) is 5.75 Å². The van der Waals surface area contributed by atoms with Crippen molar-refractivity contribution in [2.45, 2.75) is 32.3 Å². The van der Waals surface area contributed by atoms with Gasteiger partial charge in [-0.2, -0.15) is 0 Å². The van der Waals surface area contributed by atoms with Gasteiger partial charge in [0.15, 0.2) is 0 Å². The van der Waals surface area contributed by atoms with Gasteiger partial charge in [0.25, 0.3) is 0 Å². The van der Waals surface area contributed by atoms with E-state index in [1.807, 2.05) is 19.1 Å². The van der Waals surface area contributed by atoms with Crippen LogP contribution in [0.3, 0.4) is 0 Å². The van der Waals surface area contributed by atoms with Crippen molar-refractivity contribution in [1.82, 2.24) is 0 Å². The molecule has 0 amide bonds. The maximum Gasteiger partial charge on any atom is 0.115 e. The Bertz CT molecular complexity index is 288. The van der Waals surface area contributed by atoms with Gasteiger partial charge in [-0.3, -0.25) is 0 Å². The van der Waals surface area contributed by atoms with Gasteiger partial charge in [-0.15, -0.1) is 0 Å². The van der Waals surface area contributed by atoms with Crippen LogP contribution in [0.15, 0.2) is 24.3 Å². The molecule has 1 unspecified atom stereocenters. The lowest BCUT2D eigenvalue weighted by Crippen LogP contribution is -2.32. The molecule has 0 spiro atoms. The Morgan fingerprint density at radius 1 is 1.21 bits per heavy atom. The van der Waals surface area contributed by atoms with Crippen molar-refractivity contribution in [1.29, 1.82) is 0 Å². The van der Waals surface area contributed by atoms with Crippen LogP contribution in [-0.4, -0.2) is 18.3 Å². The summed E-state index contributed by atoms with van der Waals surface area (Å²) in [7, 11) is 1.72. The highest BCUT2D eigenvalue weighted by Crippen LogP contribution is 2.29. The van der Waals surface area contributed by atoms with E-state index in [1.54, 1.807) is 19.2 Å². The van der Waals surface area contributed by atoms with E-state index in [9.17, 15) is 5.11 Å². The highest BCUT2D eigenvalue weighted by Gasteiger charge is 2.27. The fraction of sp³-hybridized carbons (Fsp3) is 0.500. The third-order valence-electron chi connectivity index (χ3n) is 2.98. The zero-order valence-corrected chi connectivity index (χ0v) is 9.24. The van der Waals surface area contributed by atoms with E-state index in [0.717, 1.165) is 0 Å². The summed E-state index contributed by atoms with van der Waals surface area (Å²) in [5.41, 5.74) is 1.13. The van der Waals surface area contributed by atoms with Gasteiger partial charge >= 0.3 is 0 Å². The monoisotopic (exact) mass is 194 g/mol. The Morgan fingerprint density at radius 2 is 1.71 bits per heavy atom. The first kappa shape index (κ1) is 11.1. The number of ether oxygens (including phenoxy) is 1. The van der Waals surface area contributed by atoms with Crippen LogP contribution in [0.25, 0.3) is 0 Å². The molecule has 0 aromatic heterocycles. The smallest absolute Gasteiger partial charge is 0.115 e. The van der Waals surface area contributed by atoms with Gasteiger partial charge in [0, 0.05) is 12.5 Å². The molecule has 1 N–H and O–H groups in total.